The van der Waals surface area contributed by atoms with E-state index >= 15 is 0 Å². The average Bonchev–Trinajstić information content (AvgIpc) is 2.88. The van der Waals surface area contributed by atoms with Gasteiger partial charge in [0.2, 0.25) is 11.7 Å². The zero-order chi connectivity index (χ0) is 13.2. The summed E-state index contributed by atoms with van der Waals surface area (Å²) >= 11 is 0. The third-order valence-corrected chi connectivity index (χ3v) is 3.51. The predicted octanol–water partition coefficient (Wildman–Crippen LogP) is 1.82. The summed E-state index contributed by atoms with van der Waals surface area (Å²) < 4.78 is 5.37. The van der Waals surface area contributed by atoms with Gasteiger partial charge in [0.1, 0.15) is 11.5 Å². The van der Waals surface area contributed by atoms with Crippen molar-refractivity contribution in [2.24, 2.45) is 5.73 Å². The quantitative estimate of drug-likeness (QED) is 0.884. The molecule has 6 heteroatoms. The number of rotatable bonds is 2. The second kappa shape index (κ2) is 5.05. The van der Waals surface area contributed by atoms with Gasteiger partial charge in [0.15, 0.2) is 0 Å². The number of hydrogen-bond donors (Lipinski definition) is 1. The lowest BCUT2D eigenvalue weighted by atomic mass is 9.86. The maximum absolute atomic E-state index is 5.99. The van der Waals surface area contributed by atoms with Crippen molar-refractivity contribution >= 4 is 0 Å². The molecule has 3 rings (SSSR count). The van der Waals surface area contributed by atoms with Gasteiger partial charge in [0.05, 0.1) is 0 Å². The zero-order valence-electron chi connectivity index (χ0n) is 10.9. The van der Waals surface area contributed by atoms with Gasteiger partial charge in [-0.15, -0.1) is 0 Å². The lowest BCUT2D eigenvalue weighted by Crippen LogP contribution is -2.26. The van der Waals surface area contributed by atoms with Gasteiger partial charge in [-0.2, -0.15) is 4.98 Å². The molecule has 0 aliphatic heterocycles. The fraction of sp³-hybridized carbons (Fsp3) is 0.538. The van der Waals surface area contributed by atoms with E-state index in [1.807, 2.05) is 6.92 Å². The Labute approximate surface area is 111 Å². The first kappa shape index (κ1) is 12.2. The summed E-state index contributed by atoms with van der Waals surface area (Å²) in [7, 11) is 0. The lowest BCUT2D eigenvalue weighted by molar-refractivity contribution is 0.299. The SMILES string of the molecule is Cc1nccc(-c2noc(C3CCCC(N)C3)n2)n1. The molecule has 0 bridgehead atoms. The Morgan fingerprint density at radius 1 is 1.32 bits per heavy atom. The molecule has 2 N–H and O–H groups in total. The second-order valence-corrected chi connectivity index (χ2v) is 5.07. The monoisotopic (exact) mass is 259 g/mol. The molecule has 19 heavy (non-hydrogen) atoms. The molecule has 2 unspecified atom stereocenters. The summed E-state index contributed by atoms with van der Waals surface area (Å²) in [6.45, 7) is 1.84. The first-order chi connectivity index (χ1) is 9.22. The van der Waals surface area contributed by atoms with Crippen LogP contribution < -0.4 is 5.73 Å². The summed E-state index contributed by atoms with van der Waals surface area (Å²) in [4.78, 5) is 12.8. The highest BCUT2D eigenvalue weighted by atomic mass is 16.5. The van der Waals surface area contributed by atoms with Crippen molar-refractivity contribution in [1.82, 2.24) is 20.1 Å². The predicted molar refractivity (Wildman–Crippen MR) is 69.2 cm³/mol. The molecule has 6 nitrogen and oxygen atoms in total. The summed E-state index contributed by atoms with van der Waals surface area (Å²) in [5.41, 5.74) is 6.69. The van der Waals surface area contributed by atoms with E-state index in [4.69, 9.17) is 10.3 Å². The van der Waals surface area contributed by atoms with Crippen LogP contribution in [0.1, 0.15) is 43.3 Å². The Bertz CT molecular complexity index is 568. The molecule has 0 radical (unpaired) electrons. The van der Waals surface area contributed by atoms with E-state index in [1.165, 1.54) is 0 Å². The molecule has 0 aromatic carbocycles. The van der Waals surface area contributed by atoms with Crippen LogP contribution in [-0.4, -0.2) is 26.2 Å². The molecule has 0 spiro atoms. The average molecular weight is 259 g/mol. The van der Waals surface area contributed by atoms with Crippen molar-refractivity contribution in [3.8, 4) is 11.5 Å². The van der Waals surface area contributed by atoms with E-state index in [0.29, 0.717) is 23.2 Å². The minimum atomic E-state index is 0.246. The Hall–Kier alpha value is -1.82. The highest BCUT2D eigenvalue weighted by molar-refractivity contribution is 5.47. The minimum absolute atomic E-state index is 0.246. The van der Waals surface area contributed by atoms with Crippen molar-refractivity contribution in [3.05, 3.63) is 24.0 Å². The third kappa shape index (κ3) is 2.63. The first-order valence-corrected chi connectivity index (χ1v) is 6.61. The summed E-state index contributed by atoms with van der Waals surface area (Å²) in [6.07, 6.45) is 5.89. The Balaban J connectivity index is 1.83. The Morgan fingerprint density at radius 2 is 2.21 bits per heavy atom. The molecule has 2 atom stereocenters. The highest BCUT2D eigenvalue weighted by Crippen LogP contribution is 2.31. The molecule has 1 aliphatic rings. The summed E-state index contributed by atoms with van der Waals surface area (Å²) in [6, 6.07) is 2.03. The Kier molecular flexibility index (Phi) is 3.25. The number of nitrogens with two attached hydrogens (primary N) is 1. The molecule has 1 fully saturated rings. The van der Waals surface area contributed by atoms with Crippen LogP contribution in [0.5, 0.6) is 0 Å². The topological polar surface area (TPSA) is 90.7 Å². The van der Waals surface area contributed by atoms with Crippen molar-refractivity contribution in [3.63, 3.8) is 0 Å². The standard InChI is InChI=1S/C13H17N5O/c1-8-15-6-5-11(16-8)12-17-13(19-18-12)9-3-2-4-10(14)7-9/h5-6,9-10H,2-4,7,14H2,1H3. The van der Waals surface area contributed by atoms with Crippen molar-refractivity contribution < 1.29 is 4.52 Å². The fourth-order valence-corrected chi connectivity index (χ4v) is 2.54. The molecule has 1 saturated carbocycles. The third-order valence-electron chi connectivity index (χ3n) is 3.51. The molecule has 100 valence electrons. The van der Waals surface area contributed by atoms with E-state index < -0.39 is 0 Å². The van der Waals surface area contributed by atoms with Gasteiger partial charge in [0, 0.05) is 18.2 Å². The van der Waals surface area contributed by atoms with Gasteiger partial charge in [-0.05, 0) is 32.3 Å². The highest BCUT2D eigenvalue weighted by Gasteiger charge is 2.25. The van der Waals surface area contributed by atoms with E-state index in [9.17, 15) is 0 Å². The summed E-state index contributed by atoms with van der Waals surface area (Å²) in [5.74, 6) is 2.19. The fourth-order valence-electron chi connectivity index (χ4n) is 2.54. The molecule has 0 saturated heterocycles. The molecule has 2 aromatic rings. The van der Waals surface area contributed by atoms with Crippen LogP contribution in [0.25, 0.3) is 11.5 Å². The van der Waals surface area contributed by atoms with Crippen molar-refractivity contribution in [1.29, 1.82) is 0 Å². The maximum Gasteiger partial charge on any atom is 0.230 e. The lowest BCUT2D eigenvalue weighted by Gasteiger charge is -2.23. The normalized spacial score (nSPS) is 23.5. The Morgan fingerprint density at radius 3 is 3.00 bits per heavy atom. The van der Waals surface area contributed by atoms with Crippen molar-refractivity contribution in [2.45, 2.75) is 44.6 Å². The van der Waals surface area contributed by atoms with Gasteiger partial charge >= 0.3 is 0 Å². The largest absolute Gasteiger partial charge is 0.339 e. The molecular formula is C13H17N5O. The van der Waals surface area contributed by atoms with Gasteiger partial charge in [-0.25, -0.2) is 9.97 Å². The first-order valence-electron chi connectivity index (χ1n) is 6.61. The number of aromatic nitrogens is 4. The van der Waals surface area contributed by atoms with Crippen LogP contribution in [0.2, 0.25) is 0 Å². The van der Waals surface area contributed by atoms with E-state index in [1.54, 1.807) is 12.3 Å². The van der Waals surface area contributed by atoms with Crippen LogP contribution in [0.15, 0.2) is 16.8 Å². The number of hydrogen-bond acceptors (Lipinski definition) is 6. The number of aryl methyl sites for hydroxylation is 1. The summed E-state index contributed by atoms with van der Waals surface area (Å²) in [5, 5.41) is 4.01. The van der Waals surface area contributed by atoms with Gasteiger partial charge in [-0.1, -0.05) is 11.6 Å². The second-order valence-electron chi connectivity index (χ2n) is 5.07. The molecule has 1 aliphatic carbocycles. The van der Waals surface area contributed by atoms with Crippen LogP contribution in [0.4, 0.5) is 0 Å². The van der Waals surface area contributed by atoms with E-state index in [-0.39, 0.29) is 12.0 Å². The van der Waals surface area contributed by atoms with Crippen LogP contribution >= 0.6 is 0 Å². The van der Waals surface area contributed by atoms with Crippen LogP contribution in [-0.2, 0) is 0 Å². The van der Waals surface area contributed by atoms with Gasteiger partial charge in [0.25, 0.3) is 0 Å². The molecule has 0 amide bonds. The maximum atomic E-state index is 5.99. The molecule has 2 heterocycles. The number of nitrogens with zero attached hydrogens (tertiary/aromatic N) is 4. The zero-order valence-corrected chi connectivity index (χ0v) is 10.9. The smallest absolute Gasteiger partial charge is 0.230 e. The van der Waals surface area contributed by atoms with Crippen LogP contribution in [0, 0.1) is 6.92 Å². The van der Waals surface area contributed by atoms with Crippen LogP contribution in [0.3, 0.4) is 0 Å². The van der Waals surface area contributed by atoms with E-state index in [0.717, 1.165) is 25.7 Å². The van der Waals surface area contributed by atoms with Crippen molar-refractivity contribution in [2.75, 3.05) is 0 Å². The molecule has 2 aromatic heterocycles. The molecular weight excluding hydrogens is 242 g/mol. The van der Waals surface area contributed by atoms with E-state index in [2.05, 4.69) is 20.1 Å². The van der Waals surface area contributed by atoms with Gasteiger partial charge < -0.3 is 10.3 Å². The van der Waals surface area contributed by atoms with Gasteiger partial charge in [-0.3, -0.25) is 0 Å². The minimum Gasteiger partial charge on any atom is -0.339 e.